The van der Waals surface area contributed by atoms with Crippen LogP contribution < -0.4 is 16.0 Å². The van der Waals surface area contributed by atoms with Crippen LogP contribution in [0.15, 0.2) is 48.7 Å². The number of nitrogens with zero attached hydrogens (tertiary/aromatic N) is 2. The predicted molar refractivity (Wildman–Crippen MR) is 99.2 cm³/mol. The molecule has 0 atom stereocenters. The molecule has 0 fully saturated rings. The first kappa shape index (κ1) is 21.2. The topological polar surface area (TPSA) is 71.2 Å². The van der Waals surface area contributed by atoms with Gasteiger partial charge in [0.2, 0.25) is 0 Å². The number of halogens is 2. The zero-order valence-corrected chi connectivity index (χ0v) is 14.6. The minimum Gasteiger partial charge on any atom is -0.352 e. The van der Waals surface area contributed by atoms with Crippen molar-refractivity contribution in [3.8, 4) is 0 Å². The van der Waals surface area contributed by atoms with E-state index in [1.165, 1.54) is 0 Å². The molecule has 1 aromatic carbocycles. The van der Waals surface area contributed by atoms with Crippen LogP contribution in [0.4, 0.5) is 11.5 Å². The fourth-order valence-electron chi connectivity index (χ4n) is 1.91. The summed E-state index contributed by atoms with van der Waals surface area (Å²) in [4.78, 5) is 18.2. The molecule has 0 aliphatic carbocycles. The molecule has 5 nitrogen and oxygen atoms in total. The predicted octanol–water partition coefficient (Wildman–Crippen LogP) is 2.77. The standard InChI is InChI=1S/C16H20N4O.2ClH/c1-20(14-6-3-2-4-7-14)15-9-8-13(12-19-15)16(21)18-11-5-10-17;;/h2-4,6-9,12H,5,10-11,17H2,1H3,(H,18,21);2*1H. The van der Waals surface area contributed by atoms with E-state index in [1.54, 1.807) is 12.3 Å². The van der Waals surface area contributed by atoms with Crippen molar-refractivity contribution in [2.45, 2.75) is 6.42 Å². The first-order chi connectivity index (χ1) is 10.2. The molecule has 1 heterocycles. The smallest absolute Gasteiger partial charge is 0.252 e. The minimum absolute atomic E-state index is 0. The van der Waals surface area contributed by atoms with Crippen LogP contribution in [0.2, 0.25) is 0 Å². The number of hydrogen-bond acceptors (Lipinski definition) is 4. The molecule has 0 aliphatic heterocycles. The van der Waals surface area contributed by atoms with Gasteiger partial charge in [-0.05, 0) is 37.2 Å². The van der Waals surface area contributed by atoms with E-state index in [0.717, 1.165) is 17.9 Å². The van der Waals surface area contributed by atoms with Crippen molar-refractivity contribution in [3.05, 3.63) is 54.2 Å². The van der Waals surface area contributed by atoms with Crippen LogP contribution in [0.25, 0.3) is 0 Å². The van der Waals surface area contributed by atoms with E-state index in [9.17, 15) is 4.79 Å². The van der Waals surface area contributed by atoms with Gasteiger partial charge in [0.25, 0.3) is 5.91 Å². The maximum absolute atomic E-state index is 11.9. The van der Waals surface area contributed by atoms with Crippen LogP contribution in [0.5, 0.6) is 0 Å². The van der Waals surface area contributed by atoms with Gasteiger partial charge >= 0.3 is 0 Å². The number of carbonyl (C=O) groups excluding carboxylic acids is 1. The summed E-state index contributed by atoms with van der Waals surface area (Å²) < 4.78 is 0. The maximum Gasteiger partial charge on any atom is 0.252 e. The molecular formula is C16H22Cl2N4O. The Hall–Kier alpha value is -1.82. The Kier molecular flexibility index (Phi) is 9.97. The third-order valence-corrected chi connectivity index (χ3v) is 3.16. The summed E-state index contributed by atoms with van der Waals surface area (Å²) in [5, 5.41) is 2.81. The molecule has 2 aromatic rings. The molecular weight excluding hydrogens is 335 g/mol. The highest BCUT2D eigenvalue weighted by Gasteiger charge is 2.08. The van der Waals surface area contributed by atoms with E-state index < -0.39 is 0 Å². The van der Waals surface area contributed by atoms with Crippen molar-refractivity contribution in [3.63, 3.8) is 0 Å². The maximum atomic E-state index is 11.9. The number of anilines is 2. The SMILES string of the molecule is CN(c1ccccc1)c1ccc(C(=O)NCCCN)cn1.Cl.Cl. The van der Waals surface area contributed by atoms with Gasteiger partial charge in [-0.3, -0.25) is 4.79 Å². The highest BCUT2D eigenvalue weighted by Crippen LogP contribution is 2.20. The summed E-state index contributed by atoms with van der Waals surface area (Å²) in [5.41, 5.74) is 6.99. The Balaban J connectivity index is 0.00000242. The van der Waals surface area contributed by atoms with Gasteiger partial charge in [0, 0.05) is 25.5 Å². The Morgan fingerprint density at radius 1 is 1.17 bits per heavy atom. The summed E-state index contributed by atoms with van der Waals surface area (Å²) in [6, 6.07) is 13.6. The van der Waals surface area contributed by atoms with E-state index >= 15 is 0 Å². The van der Waals surface area contributed by atoms with Crippen LogP contribution in [-0.4, -0.2) is 31.0 Å². The number of para-hydroxylation sites is 1. The fourth-order valence-corrected chi connectivity index (χ4v) is 1.91. The second-order valence-electron chi connectivity index (χ2n) is 4.70. The molecule has 0 saturated heterocycles. The summed E-state index contributed by atoms with van der Waals surface area (Å²) in [5.74, 6) is 0.671. The second-order valence-corrected chi connectivity index (χ2v) is 4.70. The van der Waals surface area contributed by atoms with Crippen LogP contribution in [0.3, 0.4) is 0 Å². The number of rotatable bonds is 6. The van der Waals surface area contributed by atoms with Gasteiger partial charge in [-0.15, -0.1) is 24.8 Å². The number of aromatic nitrogens is 1. The third kappa shape index (κ3) is 6.06. The Bertz CT molecular complexity index is 578. The van der Waals surface area contributed by atoms with Gasteiger partial charge in [0.1, 0.15) is 5.82 Å². The first-order valence-electron chi connectivity index (χ1n) is 6.95. The lowest BCUT2D eigenvalue weighted by molar-refractivity contribution is 0.0953. The summed E-state index contributed by atoms with van der Waals surface area (Å²) in [6.07, 6.45) is 2.36. The fraction of sp³-hybridized carbons (Fsp3) is 0.250. The van der Waals surface area contributed by atoms with E-state index in [-0.39, 0.29) is 30.7 Å². The number of nitrogens with one attached hydrogen (secondary N) is 1. The minimum atomic E-state index is -0.120. The zero-order valence-electron chi connectivity index (χ0n) is 12.9. The monoisotopic (exact) mass is 356 g/mol. The number of pyridine rings is 1. The molecule has 0 bridgehead atoms. The van der Waals surface area contributed by atoms with E-state index in [1.807, 2.05) is 48.3 Å². The number of carbonyl (C=O) groups is 1. The molecule has 2 rings (SSSR count). The van der Waals surface area contributed by atoms with Crippen LogP contribution in [0, 0.1) is 0 Å². The number of hydrogen-bond donors (Lipinski definition) is 2. The van der Waals surface area contributed by atoms with Gasteiger partial charge in [-0.2, -0.15) is 0 Å². The average Bonchev–Trinajstić information content (AvgIpc) is 2.55. The largest absolute Gasteiger partial charge is 0.352 e. The molecule has 0 unspecified atom stereocenters. The van der Waals surface area contributed by atoms with Crippen molar-refractivity contribution < 1.29 is 4.79 Å². The molecule has 0 spiro atoms. The molecule has 126 valence electrons. The van der Waals surface area contributed by atoms with Gasteiger partial charge in [-0.1, -0.05) is 18.2 Å². The molecule has 3 N–H and O–H groups in total. The lowest BCUT2D eigenvalue weighted by Crippen LogP contribution is -2.26. The lowest BCUT2D eigenvalue weighted by Gasteiger charge is -2.18. The molecule has 0 radical (unpaired) electrons. The quantitative estimate of drug-likeness (QED) is 0.780. The normalized spacial score (nSPS) is 9.30. The summed E-state index contributed by atoms with van der Waals surface area (Å²) in [6.45, 7) is 1.15. The molecule has 7 heteroatoms. The highest BCUT2D eigenvalue weighted by molar-refractivity contribution is 5.94. The van der Waals surface area contributed by atoms with Crippen molar-refractivity contribution in [1.82, 2.24) is 10.3 Å². The van der Waals surface area contributed by atoms with Gasteiger partial charge in [-0.25, -0.2) is 4.98 Å². The van der Waals surface area contributed by atoms with Crippen molar-refractivity contribution in [2.75, 3.05) is 25.0 Å². The van der Waals surface area contributed by atoms with Gasteiger partial charge in [0.05, 0.1) is 5.56 Å². The number of amides is 1. The van der Waals surface area contributed by atoms with Crippen molar-refractivity contribution in [2.24, 2.45) is 5.73 Å². The van der Waals surface area contributed by atoms with Gasteiger partial charge < -0.3 is 16.0 Å². The van der Waals surface area contributed by atoms with E-state index in [4.69, 9.17) is 5.73 Å². The van der Waals surface area contributed by atoms with Crippen LogP contribution in [-0.2, 0) is 0 Å². The Labute approximate surface area is 149 Å². The molecule has 0 aliphatic rings. The summed E-state index contributed by atoms with van der Waals surface area (Å²) in [7, 11) is 1.94. The highest BCUT2D eigenvalue weighted by atomic mass is 35.5. The average molecular weight is 357 g/mol. The number of benzene rings is 1. The van der Waals surface area contributed by atoms with Crippen LogP contribution in [0.1, 0.15) is 16.8 Å². The summed E-state index contributed by atoms with van der Waals surface area (Å²) >= 11 is 0. The van der Waals surface area contributed by atoms with Crippen molar-refractivity contribution in [1.29, 1.82) is 0 Å². The molecule has 0 saturated carbocycles. The van der Waals surface area contributed by atoms with E-state index in [2.05, 4.69) is 10.3 Å². The molecule has 1 aromatic heterocycles. The third-order valence-electron chi connectivity index (χ3n) is 3.16. The first-order valence-corrected chi connectivity index (χ1v) is 6.95. The zero-order chi connectivity index (χ0) is 15.1. The lowest BCUT2D eigenvalue weighted by atomic mass is 10.2. The second kappa shape index (κ2) is 10.8. The van der Waals surface area contributed by atoms with Gasteiger partial charge in [0.15, 0.2) is 0 Å². The van der Waals surface area contributed by atoms with Crippen LogP contribution >= 0.6 is 24.8 Å². The molecule has 1 amide bonds. The van der Waals surface area contributed by atoms with Crippen molar-refractivity contribution >= 4 is 42.2 Å². The Morgan fingerprint density at radius 2 is 1.87 bits per heavy atom. The molecule has 23 heavy (non-hydrogen) atoms. The Morgan fingerprint density at radius 3 is 2.43 bits per heavy atom. The number of nitrogens with two attached hydrogens (primary N) is 1. The van der Waals surface area contributed by atoms with E-state index in [0.29, 0.717) is 18.7 Å².